The van der Waals surface area contributed by atoms with Gasteiger partial charge in [0.2, 0.25) is 0 Å². The van der Waals surface area contributed by atoms with E-state index in [9.17, 15) is 4.79 Å². The second-order valence-corrected chi connectivity index (χ2v) is 2.26. The van der Waals surface area contributed by atoms with E-state index < -0.39 is 0 Å². The van der Waals surface area contributed by atoms with Gasteiger partial charge in [-0.1, -0.05) is 0 Å². The Morgan fingerprint density at radius 1 is 1.75 bits per heavy atom. The number of furan rings is 1. The molecule has 1 rings (SSSR count). The molecule has 0 aliphatic heterocycles. The summed E-state index contributed by atoms with van der Waals surface area (Å²) < 4.78 is 9.47. The molecule has 4 heteroatoms. The van der Waals surface area contributed by atoms with Crippen molar-refractivity contribution in [3.63, 3.8) is 0 Å². The molecule has 0 fully saturated rings. The van der Waals surface area contributed by atoms with Gasteiger partial charge in [0.15, 0.2) is 0 Å². The molecule has 4 nitrogen and oxygen atoms in total. The molecule has 0 aliphatic carbocycles. The smallest absolute Gasteiger partial charge is 0.319 e. The lowest BCUT2D eigenvalue weighted by molar-refractivity contribution is -0.139. The summed E-state index contributed by atoms with van der Waals surface area (Å²) >= 11 is 0. The van der Waals surface area contributed by atoms with Gasteiger partial charge in [0.05, 0.1) is 26.5 Å². The van der Waals surface area contributed by atoms with Gasteiger partial charge in [-0.05, 0) is 12.1 Å². The van der Waals surface area contributed by atoms with Gasteiger partial charge >= 0.3 is 5.97 Å². The lowest BCUT2D eigenvalue weighted by atomic mass is 10.4. The SMILES string of the molecule is COC(=O)CNCc1ccco1. The molecule has 0 unspecified atom stereocenters. The van der Waals surface area contributed by atoms with E-state index in [2.05, 4.69) is 10.1 Å². The van der Waals surface area contributed by atoms with Crippen LogP contribution >= 0.6 is 0 Å². The summed E-state index contributed by atoms with van der Waals surface area (Å²) in [5, 5.41) is 2.87. The zero-order chi connectivity index (χ0) is 8.81. The van der Waals surface area contributed by atoms with Crippen molar-refractivity contribution < 1.29 is 13.9 Å². The Morgan fingerprint density at radius 2 is 2.58 bits per heavy atom. The minimum absolute atomic E-state index is 0.206. The highest BCUT2D eigenvalue weighted by atomic mass is 16.5. The summed E-state index contributed by atoms with van der Waals surface area (Å²) in [4.78, 5) is 10.6. The second kappa shape index (κ2) is 4.56. The zero-order valence-electron chi connectivity index (χ0n) is 6.87. The average Bonchev–Trinajstić information content (AvgIpc) is 2.57. The van der Waals surface area contributed by atoms with Crippen LogP contribution in [0.15, 0.2) is 22.8 Å². The largest absolute Gasteiger partial charge is 0.468 e. The van der Waals surface area contributed by atoms with E-state index in [-0.39, 0.29) is 12.5 Å². The van der Waals surface area contributed by atoms with Gasteiger partial charge in [-0.15, -0.1) is 0 Å². The van der Waals surface area contributed by atoms with Crippen LogP contribution in [0.5, 0.6) is 0 Å². The standard InChI is InChI=1S/C8H11NO3/c1-11-8(10)6-9-5-7-3-2-4-12-7/h2-4,9H,5-6H2,1H3. The summed E-state index contributed by atoms with van der Waals surface area (Å²) in [6.07, 6.45) is 1.59. The first-order valence-corrected chi connectivity index (χ1v) is 3.63. The van der Waals surface area contributed by atoms with Crippen LogP contribution in [0.1, 0.15) is 5.76 Å². The second-order valence-electron chi connectivity index (χ2n) is 2.26. The van der Waals surface area contributed by atoms with Crippen LogP contribution < -0.4 is 5.32 Å². The van der Waals surface area contributed by atoms with Crippen LogP contribution in [0.25, 0.3) is 0 Å². The number of carbonyl (C=O) groups is 1. The van der Waals surface area contributed by atoms with E-state index in [1.54, 1.807) is 12.3 Å². The topological polar surface area (TPSA) is 51.5 Å². The first-order valence-electron chi connectivity index (χ1n) is 3.63. The van der Waals surface area contributed by atoms with Crippen molar-refractivity contribution in [2.24, 2.45) is 0 Å². The number of rotatable bonds is 4. The van der Waals surface area contributed by atoms with E-state index in [1.165, 1.54) is 7.11 Å². The molecule has 0 spiro atoms. The van der Waals surface area contributed by atoms with Crippen molar-refractivity contribution in [1.82, 2.24) is 5.32 Å². The Morgan fingerprint density at radius 3 is 3.17 bits per heavy atom. The molecule has 0 radical (unpaired) electrons. The first kappa shape index (κ1) is 8.80. The van der Waals surface area contributed by atoms with E-state index in [1.807, 2.05) is 6.07 Å². The number of methoxy groups -OCH3 is 1. The molecule has 0 amide bonds. The number of ether oxygens (including phenoxy) is 1. The third kappa shape index (κ3) is 2.75. The molecule has 0 saturated heterocycles. The molecule has 12 heavy (non-hydrogen) atoms. The minimum atomic E-state index is -0.276. The summed E-state index contributed by atoms with van der Waals surface area (Å²) in [5.74, 6) is 0.528. The lowest BCUT2D eigenvalue weighted by Crippen LogP contribution is -2.23. The van der Waals surface area contributed by atoms with Crippen molar-refractivity contribution in [3.05, 3.63) is 24.2 Å². The quantitative estimate of drug-likeness (QED) is 0.668. The molecule has 0 saturated carbocycles. The Balaban J connectivity index is 2.15. The van der Waals surface area contributed by atoms with E-state index >= 15 is 0 Å². The molecule has 0 aliphatic rings. The first-order chi connectivity index (χ1) is 5.83. The Kier molecular flexibility index (Phi) is 3.35. The lowest BCUT2D eigenvalue weighted by Gasteiger charge is -1.99. The Labute approximate surface area is 70.5 Å². The predicted octanol–water partition coefficient (Wildman–Crippen LogP) is 0.542. The monoisotopic (exact) mass is 169 g/mol. The van der Waals surface area contributed by atoms with Crippen LogP contribution in [0.4, 0.5) is 0 Å². The number of hydrogen-bond acceptors (Lipinski definition) is 4. The molecular weight excluding hydrogens is 158 g/mol. The van der Waals surface area contributed by atoms with Crippen LogP contribution in [-0.4, -0.2) is 19.6 Å². The minimum Gasteiger partial charge on any atom is -0.468 e. The molecular formula is C8H11NO3. The molecule has 0 atom stereocenters. The van der Waals surface area contributed by atoms with Crippen LogP contribution in [0, 0.1) is 0 Å². The molecule has 1 aromatic heterocycles. The van der Waals surface area contributed by atoms with Crippen LogP contribution in [0.3, 0.4) is 0 Å². The van der Waals surface area contributed by atoms with Gasteiger partial charge in [-0.2, -0.15) is 0 Å². The van der Waals surface area contributed by atoms with Crippen LogP contribution in [0.2, 0.25) is 0 Å². The maximum absolute atomic E-state index is 10.6. The number of hydrogen-bond donors (Lipinski definition) is 1. The maximum Gasteiger partial charge on any atom is 0.319 e. The van der Waals surface area contributed by atoms with Gasteiger partial charge < -0.3 is 9.15 Å². The summed E-state index contributed by atoms with van der Waals surface area (Å²) in [6, 6.07) is 3.64. The van der Waals surface area contributed by atoms with Crippen molar-refractivity contribution in [3.8, 4) is 0 Å². The average molecular weight is 169 g/mol. The Hall–Kier alpha value is -1.29. The fourth-order valence-corrected chi connectivity index (χ4v) is 0.773. The molecule has 1 N–H and O–H groups in total. The van der Waals surface area contributed by atoms with Gasteiger partial charge in [0.25, 0.3) is 0 Å². The van der Waals surface area contributed by atoms with E-state index in [0.717, 1.165) is 5.76 Å². The fraction of sp³-hybridized carbons (Fsp3) is 0.375. The number of nitrogens with one attached hydrogen (secondary N) is 1. The zero-order valence-corrected chi connectivity index (χ0v) is 6.87. The highest BCUT2D eigenvalue weighted by Gasteiger charge is 1.99. The van der Waals surface area contributed by atoms with E-state index in [0.29, 0.717) is 6.54 Å². The molecule has 1 aromatic rings. The fourth-order valence-electron chi connectivity index (χ4n) is 0.773. The summed E-state index contributed by atoms with van der Waals surface area (Å²) in [5.41, 5.74) is 0. The van der Waals surface area contributed by atoms with Crippen molar-refractivity contribution >= 4 is 5.97 Å². The predicted molar refractivity (Wildman–Crippen MR) is 42.4 cm³/mol. The Bertz CT molecular complexity index is 230. The summed E-state index contributed by atoms with van der Waals surface area (Å²) in [6.45, 7) is 0.749. The van der Waals surface area contributed by atoms with Gasteiger partial charge in [-0.25, -0.2) is 0 Å². The van der Waals surface area contributed by atoms with Crippen LogP contribution in [-0.2, 0) is 16.1 Å². The van der Waals surface area contributed by atoms with Crippen molar-refractivity contribution in [1.29, 1.82) is 0 Å². The molecule has 1 heterocycles. The molecule has 66 valence electrons. The molecule has 0 aromatic carbocycles. The summed E-state index contributed by atoms with van der Waals surface area (Å²) in [7, 11) is 1.36. The maximum atomic E-state index is 10.6. The number of esters is 1. The third-order valence-corrected chi connectivity index (χ3v) is 1.38. The van der Waals surface area contributed by atoms with Crippen molar-refractivity contribution in [2.45, 2.75) is 6.54 Å². The third-order valence-electron chi connectivity index (χ3n) is 1.38. The highest BCUT2D eigenvalue weighted by Crippen LogP contribution is 1.97. The highest BCUT2D eigenvalue weighted by molar-refractivity contribution is 5.71. The molecule has 0 bridgehead atoms. The van der Waals surface area contributed by atoms with Gasteiger partial charge in [0, 0.05) is 0 Å². The normalized spacial score (nSPS) is 9.75. The van der Waals surface area contributed by atoms with Gasteiger partial charge in [-0.3, -0.25) is 10.1 Å². The number of carbonyl (C=O) groups excluding carboxylic acids is 1. The van der Waals surface area contributed by atoms with E-state index in [4.69, 9.17) is 4.42 Å². The van der Waals surface area contributed by atoms with Crippen molar-refractivity contribution in [2.75, 3.05) is 13.7 Å². The van der Waals surface area contributed by atoms with Gasteiger partial charge in [0.1, 0.15) is 5.76 Å².